The number of hydrogen-bond acceptors (Lipinski definition) is 3. The van der Waals surface area contributed by atoms with Gasteiger partial charge in [-0.25, -0.2) is 0 Å². The molecule has 0 radical (unpaired) electrons. The summed E-state index contributed by atoms with van der Waals surface area (Å²) >= 11 is 0. The number of carbonyl (C=O) groups is 1. The Kier molecular flexibility index (Phi) is 4.07. The van der Waals surface area contributed by atoms with Crippen LogP contribution in [0.25, 0.3) is 0 Å². The van der Waals surface area contributed by atoms with Crippen LogP contribution in [0.4, 0.5) is 0 Å². The molecule has 1 amide bonds. The van der Waals surface area contributed by atoms with Gasteiger partial charge in [-0.3, -0.25) is 9.59 Å². The highest BCUT2D eigenvalue weighted by molar-refractivity contribution is 5.94. The number of nitrogens with one attached hydrogen (secondary N) is 1. The van der Waals surface area contributed by atoms with Gasteiger partial charge in [-0.05, 0) is 61.4 Å². The van der Waals surface area contributed by atoms with Crippen molar-refractivity contribution in [3.05, 3.63) is 63.1 Å². The van der Waals surface area contributed by atoms with Gasteiger partial charge in [-0.1, -0.05) is 12.1 Å². The first-order chi connectivity index (χ1) is 12.2. The fraction of sp³-hybridized carbons (Fsp3) is 0.400. The van der Waals surface area contributed by atoms with Crippen LogP contribution >= 0.6 is 0 Å². The van der Waals surface area contributed by atoms with Gasteiger partial charge in [-0.2, -0.15) is 0 Å². The maximum Gasteiger partial charge on any atom is 0.261 e. The third-order valence-electron chi connectivity index (χ3n) is 5.33. The minimum atomic E-state index is -0.258. The molecule has 0 bridgehead atoms. The fourth-order valence-corrected chi connectivity index (χ4v) is 4.01. The number of nitrogens with zero attached hydrogens (tertiary/aromatic N) is 1. The van der Waals surface area contributed by atoms with Crippen molar-refractivity contribution in [2.24, 2.45) is 0 Å². The van der Waals surface area contributed by atoms with E-state index in [0.29, 0.717) is 6.54 Å². The number of aromatic amines is 1. The maximum absolute atomic E-state index is 13.1. The largest absolute Gasteiger partial charge is 0.497 e. The summed E-state index contributed by atoms with van der Waals surface area (Å²) < 4.78 is 5.21. The molecule has 5 heteroatoms. The van der Waals surface area contributed by atoms with Gasteiger partial charge in [0.15, 0.2) is 0 Å². The molecule has 2 heterocycles. The van der Waals surface area contributed by atoms with Crippen LogP contribution in [0.3, 0.4) is 0 Å². The molecule has 25 heavy (non-hydrogen) atoms. The molecule has 0 spiro atoms. The molecule has 1 aromatic carbocycles. The van der Waals surface area contributed by atoms with Crippen LogP contribution in [0.2, 0.25) is 0 Å². The first kappa shape index (κ1) is 15.9. The van der Waals surface area contributed by atoms with Crippen molar-refractivity contribution in [3.8, 4) is 5.75 Å². The van der Waals surface area contributed by atoms with Crippen molar-refractivity contribution in [2.75, 3.05) is 13.7 Å². The van der Waals surface area contributed by atoms with Crippen molar-refractivity contribution in [3.63, 3.8) is 0 Å². The Bertz CT molecular complexity index is 854. The van der Waals surface area contributed by atoms with Gasteiger partial charge in [0, 0.05) is 12.2 Å². The second kappa shape index (κ2) is 6.39. The summed E-state index contributed by atoms with van der Waals surface area (Å²) in [5.74, 6) is 0.643. The number of ether oxygens (including phenoxy) is 1. The summed E-state index contributed by atoms with van der Waals surface area (Å²) in [6, 6.07) is 9.67. The van der Waals surface area contributed by atoms with Gasteiger partial charge in [0.1, 0.15) is 11.3 Å². The quantitative estimate of drug-likeness (QED) is 0.936. The molecule has 4 rings (SSSR count). The molecule has 0 saturated carbocycles. The lowest BCUT2D eigenvalue weighted by atomic mass is 10.0. The van der Waals surface area contributed by atoms with Crippen molar-refractivity contribution in [1.82, 2.24) is 9.88 Å². The van der Waals surface area contributed by atoms with Gasteiger partial charge in [0.05, 0.1) is 13.2 Å². The zero-order valence-corrected chi connectivity index (χ0v) is 14.4. The summed E-state index contributed by atoms with van der Waals surface area (Å²) in [5, 5.41) is 0. The molecule has 5 nitrogen and oxygen atoms in total. The molecule has 1 aliphatic heterocycles. The highest BCUT2D eigenvalue weighted by Gasteiger charge is 2.32. The predicted octanol–water partition coefficient (Wildman–Crippen LogP) is 2.85. The molecule has 1 N–H and O–H groups in total. The van der Waals surface area contributed by atoms with Crippen molar-refractivity contribution >= 4 is 5.91 Å². The minimum absolute atomic E-state index is 0.0195. The average Bonchev–Trinajstić information content (AvgIpc) is 3.29. The molecular weight excluding hydrogens is 316 g/mol. The Morgan fingerprint density at radius 2 is 2.00 bits per heavy atom. The van der Waals surface area contributed by atoms with E-state index in [1.54, 1.807) is 7.11 Å². The molecule has 1 saturated heterocycles. The fourth-order valence-electron chi connectivity index (χ4n) is 4.01. The van der Waals surface area contributed by atoms with Crippen molar-refractivity contribution in [1.29, 1.82) is 0 Å². The van der Waals surface area contributed by atoms with E-state index in [1.165, 1.54) is 0 Å². The van der Waals surface area contributed by atoms with Crippen LogP contribution in [0.5, 0.6) is 5.75 Å². The van der Waals surface area contributed by atoms with E-state index >= 15 is 0 Å². The van der Waals surface area contributed by atoms with Crippen LogP contribution in [0.15, 0.2) is 35.1 Å². The zero-order valence-electron chi connectivity index (χ0n) is 14.4. The van der Waals surface area contributed by atoms with E-state index in [0.717, 1.165) is 54.7 Å². The number of methoxy groups -OCH3 is 1. The number of rotatable bonds is 3. The molecule has 1 fully saturated rings. The average molecular weight is 338 g/mol. The summed E-state index contributed by atoms with van der Waals surface area (Å²) in [7, 11) is 1.64. The van der Waals surface area contributed by atoms with Gasteiger partial charge in [0.25, 0.3) is 11.5 Å². The van der Waals surface area contributed by atoms with Crippen molar-refractivity contribution in [2.45, 2.75) is 38.1 Å². The zero-order chi connectivity index (χ0) is 17.4. The molecule has 0 unspecified atom stereocenters. The Morgan fingerprint density at radius 1 is 1.20 bits per heavy atom. The number of aryl methyl sites for hydroxylation is 2. The number of fused-ring (bicyclic) bond motifs is 1. The molecule has 2 aliphatic rings. The molecule has 1 aliphatic carbocycles. The molecule has 130 valence electrons. The van der Waals surface area contributed by atoms with E-state index in [4.69, 9.17) is 4.74 Å². The number of aromatic nitrogens is 1. The van der Waals surface area contributed by atoms with Gasteiger partial charge in [0.2, 0.25) is 0 Å². The van der Waals surface area contributed by atoms with Crippen molar-refractivity contribution < 1.29 is 9.53 Å². The monoisotopic (exact) mass is 338 g/mol. The third kappa shape index (κ3) is 2.84. The SMILES string of the molecule is COc1ccc([C@H]2CCCN2C(=O)c2cc3c([nH]c2=O)CCC3)cc1. The van der Waals surface area contributed by atoms with Gasteiger partial charge >= 0.3 is 0 Å². The van der Waals surface area contributed by atoms with Gasteiger partial charge < -0.3 is 14.6 Å². The number of likely N-dealkylation sites (tertiary alicyclic amines) is 1. The first-order valence-electron chi connectivity index (χ1n) is 8.87. The Morgan fingerprint density at radius 3 is 2.76 bits per heavy atom. The number of H-pyrrole nitrogens is 1. The van der Waals surface area contributed by atoms with E-state index in [2.05, 4.69) is 4.98 Å². The lowest BCUT2D eigenvalue weighted by Gasteiger charge is -2.25. The highest BCUT2D eigenvalue weighted by Crippen LogP contribution is 2.33. The number of carbonyl (C=O) groups excluding carboxylic acids is 1. The van der Waals surface area contributed by atoms with Gasteiger partial charge in [-0.15, -0.1) is 0 Å². The number of pyridine rings is 1. The summed E-state index contributed by atoms with van der Waals surface area (Å²) in [6.45, 7) is 0.687. The highest BCUT2D eigenvalue weighted by atomic mass is 16.5. The minimum Gasteiger partial charge on any atom is -0.497 e. The normalized spacial score (nSPS) is 19.1. The topological polar surface area (TPSA) is 62.4 Å². The second-order valence-corrected chi connectivity index (χ2v) is 6.80. The van der Waals surface area contributed by atoms with Crippen LogP contribution in [0.1, 0.15) is 52.5 Å². The first-order valence-corrected chi connectivity index (χ1v) is 8.87. The van der Waals surface area contributed by atoms with Crippen LogP contribution < -0.4 is 10.3 Å². The summed E-state index contributed by atoms with van der Waals surface area (Å²) in [4.78, 5) is 30.2. The van der Waals surface area contributed by atoms with E-state index in [9.17, 15) is 9.59 Å². The number of hydrogen-bond donors (Lipinski definition) is 1. The lowest BCUT2D eigenvalue weighted by Crippen LogP contribution is -2.34. The molecular formula is C20H22N2O3. The van der Waals surface area contributed by atoms with Crippen LogP contribution in [0, 0.1) is 0 Å². The van der Waals surface area contributed by atoms with E-state index in [-0.39, 0.29) is 23.1 Å². The second-order valence-electron chi connectivity index (χ2n) is 6.80. The summed E-state index contributed by atoms with van der Waals surface area (Å²) in [5.41, 5.74) is 3.22. The predicted molar refractivity (Wildman–Crippen MR) is 95.1 cm³/mol. The third-order valence-corrected chi connectivity index (χ3v) is 5.33. The summed E-state index contributed by atoms with van der Waals surface area (Å²) in [6.07, 6.45) is 4.75. The Labute approximate surface area is 146 Å². The molecule has 1 aromatic heterocycles. The van der Waals surface area contributed by atoms with Crippen LogP contribution in [-0.2, 0) is 12.8 Å². The molecule has 1 atom stereocenters. The lowest BCUT2D eigenvalue weighted by molar-refractivity contribution is 0.0733. The number of benzene rings is 1. The Balaban J connectivity index is 1.64. The maximum atomic E-state index is 13.1. The number of amides is 1. The van der Waals surface area contributed by atoms with Crippen LogP contribution in [-0.4, -0.2) is 29.4 Å². The smallest absolute Gasteiger partial charge is 0.261 e. The Hall–Kier alpha value is -2.56. The van der Waals surface area contributed by atoms with E-state index < -0.39 is 0 Å². The van der Waals surface area contributed by atoms with E-state index in [1.807, 2.05) is 35.2 Å². The standard InChI is InChI=1S/C20H22N2O3/c1-25-15-9-7-13(8-10-15)18-6-3-11-22(18)20(24)16-12-14-4-2-5-17(14)21-19(16)23/h7-10,12,18H,2-6,11H2,1H3,(H,21,23)/t18-/m1/s1. The molecule has 2 aromatic rings.